The Balaban J connectivity index is 1.75. The summed E-state index contributed by atoms with van der Waals surface area (Å²) in [5, 5.41) is 9.50. The first-order chi connectivity index (χ1) is 8.96. The number of ether oxygens (including phenoxy) is 3. The fourth-order valence-electron chi connectivity index (χ4n) is 1.67. The van der Waals surface area contributed by atoms with Crippen LogP contribution in [0.3, 0.4) is 0 Å². The van der Waals surface area contributed by atoms with E-state index < -0.39 is 18.9 Å². The summed E-state index contributed by atoms with van der Waals surface area (Å²) in [6.45, 7) is -1.22. The molecule has 0 radical (unpaired) electrons. The van der Waals surface area contributed by atoms with Gasteiger partial charge in [-0.1, -0.05) is 0 Å². The molecular weight excluding hydrogens is 265 g/mol. The van der Waals surface area contributed by atoms with Gasteiger partial charge < -0.3 is 19.3 Å². The highest BCUT2D eigenvalue weighted by Gasteiger charge is 2.27. The molecule has 7 heteroatoms. The lowest BCUT2D eigenvalue weighted by Gasteiger charge is -2.09. The Morgan fingerprint density at radius 3 is 2.84 bits per heavy atom. The minimum absolute atomic E-state index is 0.0113. The van der Waals surface area contributed by atoms with Gasteiger partial charge in [0.05, 0.1) is 6.61 Å². The highest BCUT2D eigenvalue weighted by atomic mass is 19.4. The predicted octanol–water partition coefficient (Wildman–Crippen LogP) is 2.07. The molecule has 1 atom stereocenters. The van der Waals surface area contributed by atoms with E-state index in [1.54, 1.807) is 18.2 Å². The van der Waals surface area contributed by atoms with E-state index in [4.69, 9.17) is 9.47 Å². The van der Waals surface area contributed by atoms with Crippen molar-refractivity contribution in [2.75, 3.05) is 26.4 Å². The van der Waals surface area contributed by atoms with E-state index in [1.807, 2.05) is 0 Å². The quantitative estimate of drug-likeness (QED) is 0.838. The van der Waals surface area contributed by atoms with E-state index in [-0.39, 0.29) is 19.8 Å². The predicted molar refractivity (Wildman–Crippen MR) is 59.3 cm³/mol. The second-order valence-corrected chi connectivity index (χ2v) is 4.04. The summed E-state index contributed by atoms with van der Waals surface area (Å²) in [7, 11) is 0. The van der Waals surface area contributed by atoms with E-state index in [0.29, 0.717) is 17.1 Å². The number of fused-ring (bicyclic) bond motifs is 1. The number of alkyl halides is 3. The summed E-state index contributed by atoms with van der Waals surface area (Å²) in [4.78, 5) is 0. The van der Waals surface area contributed by atoms with Crippen LogP contribution in [-0.4, -0.2) is 37.7 Å². The number of aliphatic hydroxyl groups is 1. The summed E-state index contributed by atoms with van der Waals surface area (Å²) in [5.41, 5.74) is 0.681. The molecule has 106 valence electrons. The molecular formula is C12H13F3O4. The van der Waals surface area contributed by atoms with Crippen LogP contribution in [0.15, 0.2) is 18.2 Å². The van der Waals surface area contributed by atoms with Gasteiger partial charge >= 0.3 is 6.18 Å². The first-order valence-corrected chi connectivity index (χ1v) is 5.68. The van der Waals surface area contributed by atoms with Crippen molar-refractivity contribution in [3.05, 3.63) is 23.8 Å². The second kappa shape index (κ2) is 5.66. The summed E-state index contributed by atoms with van der Waals surface area (Å²) in [6.07, 6.45) is -4.96. The summed E-state index contributed by atoms with van der Waals surface area (Å²) >= 11 is 0. The minimum atomic E-state index is -4.32. The number of hydrogen-bond donors (Lipinski definition) is 1. The van der Waals surface area contributed by atoms with E-state index >= 15 is 0 Å². The van der Waals surface area contributed by atoms with Crippen molar-refractivity contribution in [2.45, 2.75) is 12.3 Å². The van der Waals surface area contributed by atoms with Gasteiger partial charge in [0.2, 0.25) is 0 Å². The van der Waals surface area contributed by atoms with Gasteiger partial charge in [0.1, 0.15) is 37.4 Å². The van der Waals surface area contributed by atoms with Crippen LogP contribution >= 0.6 is 0 Å². The Hall–Kier alpha value is -1.47. The molecule has 1 unspecified atom stereocenters. The molecule has 2 rings (SSSR count). The third-order valence-corrected chi connectivity index (χ3v) is 2.50. The molecule has 1 N–H and O–H groups in total. The van der Waals surface area contributed by atoms with Crippen LogP contribution in [0.2, 0.25) is 0 Å². The highest BCUT2D eigenvalue weighted by Crippen LogP contribution is 2.34. The fraction of sp³-hybridized carbons (Fsp3) is 0.500. The molecule has 0 bridgehead atoms. The minimum Gasteiger partial charge on any atom is -0.491 e. The van der Waals surface area contributed by atoms with Crippen molar-refractivity contribution in [1.82, 2.24) is 0 Å². The molecule has 19 heavy (non-hydrogen) atoms. The molecule has 1 aliphatic heterocycles. The zero-order valence-electron chi connectivity index (χ0n) is 9.94. The standard InChI is InChI=1S/C12H13F3O4/c13-12(14,15)7-17-3-4-18-8-1-2-9-10(16)6-19-11(9)5-8/h1-2,5,10,16H,3-4,6-7H2. The zero-order valence-corrected chi connectivity index (χ0v) is 9.94. The Morgan fingerprint density at radius 2 is 2.11 bits per heavy atom. The average molecular weight is 278 g/mol. The average Bonchev–Trinajstić information content (AvgIpc) is 2.69. The summed E-state index contributed by atoms with van der Waals surface area (Å²) in [6, 6.07) is 4.88. The van der Waals surface area contributed by atoms with Gasteiger partial charge in [-0.3, -0.25) is 0 Å². The Morgan fingerprint density at radius 1 is 1.32 bits per heavy atom. The molecule has 1 aliphatic rings. The molecule has 1 heterocycles. The molecule has 0 saturated carbocycles. The SMILES string of the molecule is OC1COc2cc(OCCOCC(F)(F)F)ccc21. The van der Waals surface area contributed by atoms with Crippen LogP contribution in [0, 0.1) is 0 Å². The van der Waals surface area contributed by atoms with Crippen LogP contribution in [0.25, 0.3) is 0 Å². The van der Waals surface area contributed by atoms with Crippen LogP contribution in [-0.2, 0) is 4.74 Å². The third-order valence-electron chi connectivity index (χ3n) is 2.50. The maximum Gasteiger partial charge on any atom is 0.411 e. The maximum atomic E-state index is 11.8. The normalized spacial score (nSPS) is 18.0. The molecule has 0 spiro atoms. The molecule has 0 amide bonds. The Kier molecular flexibility index (Phi) is 4.16. The first kappa shape index (κ1) is 14.0. The van der Waals surface area contributed by atoms with Gasteiger partial charge in [-0.25, -0.2) is 0 Å². The van der Waals surface area contributed by atoms with Gasteiger partial charge in [0.25, 0.3) is 0 Å². The van der Waals surface area contributed by atoms with Gasteiger partial charge in [0.15, 0.2) is 0 Å². The van der Waals surface area contributed by atoms with E-state index in [9.17, 15) is 18.3 Å². The van der Waals surface area contributed by atoms with Gasteiger partial charge in [-0.05, 0) is 12.1 Å². The Labute approximate surface area is 107 Å². The smallest absolute Gasteiger partial charge is 0.411 e. The van der Waals surface area contributed by atoms with Gasteiger partial charge in [-0.15, -0.1) is 0 Å². The topological polar surface area (TPSA) is 47.9 Å². The number of rotatable bonds is 5. The molecule has 0 fully saturated rings. The van der Waals surface area contributed by atoms with Crippen molar-refractivity contribution in [1.29, 1.82) is 0 Å². The largest absolute Gasteiger partial charge is 0.491 e. The lowest BCUT2D eigenvalue weighted by atomic mass is 10.1. The van der Waals surface area contributed by atoms with Crippen molar-refractivity contribution in [3.63, 3.8) is 0 Å². The zero-order chi connectivity index (χ0) is 13.9. The molecule has 1 aromatic carbocycles. The third kappa shape index (κ3) is 4.00. The van der Waals surface area contributed by atoms with Crippen molar-refractivity contribution < 1.29 is 32.5 Å². The van der Waals surface area contributed by atoms with Crippen LogP contribution in [0.1, 0.15) is 11.7 Å². The van der Waals surface area contributed by atoms with E-state index in [2.05, 4.69) is 4.74 Å². The van der Waals surface area contributed by atoms with Crippen molar-refractivity contribution in [2.24, 2.45) is 0 Å². The highest BCUT2D eigenvalue weighted by molar-refractivity contribution is 5.44. The summed E-state index contributed by atoms with van der Waals surface area (Å²) < 4.78 is 50.2. The lowest BCUT2D eigenvalue weighted by Crippen LogP contribution is -2.19. The molecule has 0 aliphatic carbocycles. The lowest BCUT2D eigenvalue weighted by molar-refractivity contribution is -0.175. The van der Waals surface area contributed by atoms with Crippen LogP contribution in [0.5, 0.6) is 11.5 Å². The number of hydrogen-bond acceptors (Lipinski definition) is 4. The van der Waals surface area contributed by atoms with Crippen LogP contribution < -0.4 is 9.47 Å². The monoisotopic (exact) mass is 278 g/mol. The van der Waals surface area contributed by atoms with Crippen molar-refractivity contribution in [3.8, 4) is 11.5 Å². The van der Waals surface area contributed by atoms with E-state index in [0.717, 1.165) is 0 Å². The fourth-order valence-corrected chi connectivity index (χ4v) is 1.67. The molecule has 0 saturated heterocycles. The van der Waals surface area contributed by atoms with Crippen molar-refractivity contribution >= 4 is 0 Å². The number of halogens is 3. The number of benzene rings is 1. The molecule has 4 nitrogen and oxygen atoms in total. The van der Waals surface area contributed by atoms with Gasteiger partial charge in [0, 0.05) is 11.6 Å². The molecule has 0 aromatic heterocycles. The molecule has 1 aromatic rings. The maximum absolute atomic E-state index is 11.8. The van der Waals surface area contributed by atoms with Crippen LogP contribution in [0.4, 0.5) is 13.2 Å². The second-order valence-electron chi connectivity index (χ2n) is 4.04. The Bertz CT molecular complexity index is 433. The summed E-state index contributed by atoms with van der Waals surface area (Å²) in [5.74, 6) is 0.990. The van der Waals surface area contributed by atoms with Gasteiger partial charge in [-0.2, -0.15) is 13.2 Å². The first-order valence-electron chi connectivity index (χ1n) is 5.68. The van der Waals surface area contributed by atoms with E-state index in [1.165, 1.54) is 0 Å². The number of aliphatic hydroxyl groups excluding tert-OH is 1.